The van der Waals surface area contributed by atoms with Gasteiger partial charge in [0.1, 0.15) is 0 Å². The molecular formula is C27H25N3O2S. The van der Waals surface area contributed by atoms with Crippen LogP contribution in [0.15, 0.2) is 77.1 Å². The molecule has 0 bridgehead atoms. The Hall–Kier alpha value is -3.51. The summed E-state index contributed by atoms with van der Waals surface area (Å²) in [5.74, 6) is 0. The van der Waals surface area contributed by atoms with Crippen LogP contribution in [0.4, 0.5) is 11.4 Å². The number of hydrogen-bond acceptors (Lipinski definition) is 4. The molecule has 1 aromatic heterocycles. The SMILES string of the molecule is Cc1ccc(C)c(N=c2scc(-c3cccc([N+](=O)[O-])c3)n2C2CCCc3ccccc32)c1. The smallest absolute Gasteiger partial charge is 0.270 e. The minimum Gasteiger partial charge on any atom is -0.309 e. The molecular weight excluding hydrogens is 430 g/mol. The third-order valence-corrected chi connectivity index (χ3v) is 7.16. The zero-order valence-electron chi connectivity index (χ0n) is 18.7. The van der Waals surface area contributed by atoms with Crippen LogP contribution < -0.4 is 4.80 Å². The second kappa shape index (κ2) is 8.79. The van der Waals surface area contributed by atoms with Crippen LogP contribution >= 0.6 is 11.3 Å². The van der Waals surface area contributed by atoms with Gasteiger partial charge in [0.15, 0.2) is 4.80 Å². The molecule has 0 N–H and O–H groups in total. The first kappa shape index (κ1) is 21.3. The normalized spacial score (nSPS) is 15.9. The number of aryl methyl sites for hydroxylation is 3. The van der Waals surface area contributed by atoms with Gasteiger partial charge in [0.2, 0.25) is 0 Å². The van der Waals surface area contributed by atoms with Gasteiger partial charge in [-0.05, 0) is 61.4 Å². The number of fused-ring (bicyclic) bond motifs is 1. The van der Waals surface area contributed by atoms with Crippen molar-refractivity contribution in [3.63, 3.8) is 0 Å². The van der Waals surface area contributed by atoms with Crippen molar-refractivity contribution in [1.82, 2.24) is 4.57 Å². The van der Waals surface area contributed by atoms with Gasteiger partial charge in [-0.15, -0.1) is 11.3 Å². The summed E-state index contributed by atoms with van der Waals surface area (Å²) in [7, 11) is 0. The van der Waals surface area contributed by atoms with E-state index in [0.717, 1.165) is 46.6 Å². The molecule has 0 spiro atoms. The molecule has 1 aliphatic carbocycles. The van der Waals surface area contributed by atoms with E-state index < -0.39 is 0 Å². The second-order valence-corrected chi connectivity index (χ2v) is 9.43. The Morgan fingerprint density at radius 1 is 1.06 bits per heavy atom. The zero-order valence-corrected chi connectivity index (χ0v) is 19.5. The maximum absolute atomic E-state index is 11.4. The van der Waals surface area contributed by atoms with E-state index in [1.165, 1.54) is 22.8 Å². The number of rotatable bonds is 4. The molecule has 4 aromatic rings. The molecule has 1 heterocycles. The topological polar surface area (TPSA) is 60.4 Å². The third-order valence-electron chi connectivity index (χ3n) is 6.32. The Balaban J connectivity index is 1.76. The van der Waals surface area contributed by atoms with Crippen molar-refractivity contribution in [2.24, 2.45) is 4.99 Å². The molecule has 3 aromatic carbocycles. The maximum atomic E-state index is 11.4. The lowest BCUT2D eigenvalue weighted by atomic mass is 9.87. The highest BCUT2D eigenvalue weighted by atomic mass is 32.1. The number of nitro groups is 1. The fourth-order valence-corrected chi connectivity index (χ4v) is 5.59. The predicted molar refractivity (Wildman–Crippen MR) is 133 cm³/mol. The van der Waals surface area contributed by atoms with Gasteiger partial charge < -0.3 is 4.57 Å². The number of benzene rings is 3. The number of thiazole rings is 1. The van der Waals surface area contributed by atoms with Crippen LogP contribution in [0.3, 0.4) is 0 Å². The van der Waals surface area contributed by atoms with Crippen molar-refractivity contribution < 1.29 is 4.92 Å². The Bertz CT molecular complexity index is 1420. The van der Waals surface area contributed by atoms with E-state index in [-0.39, 0.29) is 16.7 Å². The van der Waals surface area contributed by atoms with E-state index >= 15 is 0 Å². The molecule has 0 amide bonds. The zero-order chi connectivity index (χ0) is 22.9. The Labute approximate surface area is 196 Å². The summed E-state index contributed by atoms with van der Waals surface area (Å²) in [5.41, 5.74) is 7.85. The molecule has 6 heteroatoms. The van der Waals surface area contributed by atoms with Crippen molar-refractivity contribution in [2.75, 3.05) is 0 Å². The summed E-state index contributed by atoms with van der Waals surface area (Å²) in [6, 6.07) is 22.0. The van der Waals surface area contributed by atoms with Gasteiger partial charge in [0.25, 0.3) is 5.69 Å². The van der Waals surface area contributed by atoms with Crippen LogP contribution in [0.5, 0.6) is 0 Å². The molecule has 1 aliphatic rings. The van der Waals surface area contributed by atoms with Gasteiger partial charge >= 0.3 is 0 Å². The standard InChI is InChI=1S/C27H25N3O2S/c1-18-13-14-19(2)24(15-18)28-27-29(25-12-6-8-20-7-3-4-11-23(20)25)26(17-33-27)21-9-5-10-22(16-21)30(31)32/h3-5,7,9-11,13-17,25H,6,8,12H2,1-2H3. The average molecular weight is 456 g/mol. The van der Waals surface area contributed by atoms with Gasteiger partial charge in [0.05, 0.1) is 22.3 Å². The number of aromatic nitrogens is 1. The van der Waals surface area contributed by atoms with Gasteiger partial charge in [-0.2, -0.15) is 0 Å². The summed E-state index contributed by atoms with van der Waals surface area (Å²) in [5, 5.41) is 13.5. The Morgan fingerprint density at radius 2 is 1.91 bits per heavy atom. The van der Waals surface area contributed by atoms with Crippen molar-refractivity contribution in [3.05, 3.63) is 109 Å². The van der Waals surface area contributed by atoms with Crippen LogP contribution in [-0.4, -0.2) is 9.49 Å². The van der Waals surface area contributed by atoms with Crippen molar-refractivity contribution >= 4 is 22.7 Å². The highest BCUT2D eigenvalue weighted by Crippen LogP contribution is 2.36. The fraction of sp³-hybridized carbons (Fsp3) is 0.222. The monoisotopic (exact) mass is 455 g/mol. The summed E-state index contributed by atoms with van der Waals surface area (Å²) < 4.78 is 2.30. The lowest BCUT2D eigenvalue weighted by molar-refractivity contribution is -0.384. The van der Waals surface area contributed by atoms with E-state index in [1.54, 1.807) is 23.5 Å². The van der Waals surface area contributed by atoms with Crippen LogP contribution in [0, 0.1) is 24.0 Å². The van der Waals surface area contributed by atoms with E-state index in [0.29, 0.717) is 0 Å². The van der Waals surface area contributed by atoms with Crippen molar-refractivity contribution in [3.8, 4) is 11.3 Å². The summed E-state index contributed by atoms with van der Waals surface area (Å²) >= 11 is 1.59. The molecule has 0 fully saturated rings. The lowest BCUT2D eigenvalue weighted by Crippen LogP contribution is -2.26. The molecule has 166 valence electrons. The van der Waals surface area contributed by atoms with Gasteiger partial charge in [-0.1, -0.05) is 48.5 Å². The van der Waals surface area contributed by atoms with E-state index in [2.05, 4.69) is 66.3 Å². The number of hydrogen-bond donors (Lipinski definition) is 0. The van der Waals surface area contributed by atoms with Crippen molar-refractivity contribution in [1.29, 1.82) is 0 Å². The molecule has 1 unspecified atom stereocenters. The minimum absolute atomic E-state index is 0.0994. The van der Waals surface area contributed by atoms with Gasteiger partial charge in [0, 0.05) is 23.1 Å². The molecule has 0 aliphatic heterocycles. The predicted octanol–water partition coefficient (Wildman–Crippen LogP) is 6.90. The van der Waals surface area contributed by atoms with Gasteiger partial charge in [-0.25, -0.2) is 4.99 Å². The first-order valence-corrected chi connectivity index (χ1v) is 12.0. The molecule has 0 saturated heterocycles. The minimum atomic E-state index is -0.336. The molecule has 5 rings (SSSR count). The van der Waals surface area contributed by atoms with Crippen molar-refractivity contribution in [2.45, 2.75) is 39.2 Å². The summed E-state index contributed by atoms with van der Waals surface area (Å²) in [6.45, 7) is 4.15. The van der Waals surface area contributed by atoms with Crippen LogP contribution in [-0.2, 0) is 6.42 Å². The lowest BCUT2D eigenvalue weighted by Gasteiger charge is -2.28. The number of nitrogens with zero attached hydrogens (tertiary/aromatic N) is 3. The van der Waals surface area contributed by atoms with E-state index in [9.17, 15) is 10.1 Å². The van der Waals surface area contributed by atoms with E-state index in [4.69, 9.17) is 4.99 Å². The molecule has 33 heavy (non-hydrogen) atoms. The van der Waals surface area contributed by atoms with E-state index in [1.807, 2.05) is 6.07 Å². The number of nitro benzene ring substituents is 1. The van der Waals surface area contributed by atoms with Crippen LogP contribution in [0.2, 0.25) is 0 Å². The molecule has 1 atom stereocenters. The third kappa shape index (κ3) is 4.14. The fourth-order valence-electron chi connectivity index (χ4n) is 4.63. The first-order chi connectivity index (χ1) is 16.0. The Morgan fingerprint density at radius 3 is 2.76 bits per heavy atom. The Kier molecular flexibility index (Phi) is 5.68. The highest BCUT2D eigenvalue weighted by molar-refractivity contribution is 7.07. The quantitative estimate of drug-likeness (QED) is 0.248. The number of non-ortho nitro benzene ring substituents is 1. The second-order valence-electron chi connectivity index (χ2n) is 8.59. The molecule has 0 radical (unpaired) electrons. The first-order valence-electron chi connectivity index (χ1n) is 11.2. The summed E-state index contributed by atoms with van der Waals surface area (Å²) in [4.78, 5) is 17.1. The average Bonchev–Trinajstić information content (AvgIpc) is 3.24. The van der Waals surface area contributed by atoms with Crippen LogP contribution in [0.1, 0.15) is 41.1 Å². The summed E-state index contributed by atoms with van der Waals surface area (Å²) in [6.07, 6.45) is 3.18. The maximum Gasteiger partial charge on any atom is 0.270 e. The van der Waals surface area contributed by atoms with Crippen LogP contribution in [0.25, 0.3) is 11.3 Å². The van der Waals surface area contributed by atoms with Gasteiger partial charge in [-0.3, -0.25) is 10.1 Å². The highest BCUT2D eigenvalue weighted by Gasteiger charge is 2.25. The molecule has 5 nitrogen and oxygen atoms in total. The largest absolute Gasteiger partial charge is 0.309 e. The molecule has 0 saturated carbocycles.